The summed E-state index contributed by atoms with van der Waals surface area (Å²) in [6.45, 7) is 12.8. The number of ether oxygens (including phenoxy) is 1. The van der Waals surface area contributed by atoms with Crippen LogP contribution in [0.25, 0.3) is 0 Å². The minimum Gasteiger partial charge on any atom is -0.382 e. The maximum absolute atomic E-state index is 12.9. The Morgan fingerprint density at radius 3 is 2.91 bits per heavy atom. The molecule has 0 aliphatic carbocycles. The molecule has 1 atom stereocenters. The highest BCUT2D eigenvalue weighted by molar-refractivity contribution is 5.93. The number of pyridine rings is 1. The zero-order chi connectivity index (χ0) is 22.8. The molecule has 0 spiro atoms. The third-order valence-corrected chi connectivity index (χ3v) is 5.65. The van der Waals surface area contributed by atoms with Crippen LogP contribution in [0.2, 0.25) is 0 Å². The van der Waals surface area contributed by atoms with E-state index < -0.39 is 0 Å². The summed E-state index contributed by atoms with van der Waals surface area (Å²) in [5.74, 6) is 0.445. The molecule has 2 aliphatic heterocycles. The minimum absolute atomic E-state index is 0.238. The molecule has 1 unspecified atom stereocenters. The van der Waals surface area contributed by atoms with E-state index in [1.54, 1.807) is 24.7 Å². The highest BCUT2D eigenvalue weighted by Gasteiger charge is 2.18. The maximum atomic E-state index is 12.9. The molecule has 3 heterocycles. The lowest BCUT2D eigenvalue weighted by molar-refractivity contribution is 0.0533. The smallest absolute Gasteiger partial charge is 0.271 e. The van der Waals surface area contributed by atoms with Gasteiger partial charge in [0.15, 0.2) is 0 Å². The number of piperidine rings is 1. The number of morpholine rings is 1. The van der Waals surface area contributed by atoms with Gasteiger partial charge in [-0.25, -0.2) is 4.99 Å². The number of aromatic nitrogens is 1. The molecule has 9 heteroatoms. The first-order valence-corrected chi connectivity index (χ1v) is 11.2. The molecule has 1 aromatic heterocycles. The first-order valence-electron chi connectivity index (χ1n) is 11.2. The second-order valence-corrected chi connectivity index (χ2v) is 8.04. The van der Waals surface area contributed by atoms with Gasteiger partial charge in [0.1, 0.15) is 17.7 Å². The molecule has 9 nitrogen and oxygen atoms in total. The fourth-order valence-electron chi connectivity index (χ4n) is 3.70. The SMILES string of the molecule is C=CCC(NC(=O)c1cc(NC2CCNCC2)ccn1)N(C)/C=N\C(=C)N1CCOCC1. The zero-order valence-corrected chi connectivity index (χ0v) is 18.9. The largest absolute Gasteiger partial charge is 0.382 e. The van der Waals surface area contributed by atoms with Gasteiger partial charge in [-0.3, -0.25) is 9.78 Å². The van der Waals surface area contributed by atoms with Gasteiger partial charge in [0.25, 0.3) is 5.91 Å². The lowest BCUT2D eigenvalue weighted by Gasteiger charge is -2.29. The first kappa shape index (κ1) is 23.7. The van der Waals surface area contributed by atoms with Crippen LogP contribution >= 0.6 is 0 Å². The van der Waals surface area contributed by atoms with Crippen molar-refractivity contribution in [3.8, 4) is 0 Å². The van der Waals surface area contributed by atoms with E-state index >= 15 is 0 Å². The molecule has 3 N–H and O–H groups in total. The van der Waals surface area contributed by atoms with Gasteiger partial charge in [0.05, 0.1) is 19.6 Å². The summed E-state index contributed by atoms with van der Waals surface area (Å²) in [4.78, 5) is 25.6. The predicted molar refractivity (Wildman–Crippen MR) is 128 cm³/mol. The van der Waals surface area contributed by atoms with Crippen LogP contribution < -0.4 is 16.0 Å². The van der Waals surface area contributed by atoms with Gasteiger partial charge >= 0.3 is 0 Å². The number of carbonyl (C=O) groups excluding carboxylic acids is 1. The molecule has 3 rings (SSSR count). The van der Waals surface area contributed by atoms with Gasteiger partial charge in [-0.1, -0.05) is 12.7 Å². The topological polar surface area (TPSA) is 94.1 Å². The van der Waals surface area contributed by atoms with E-state index in [-0.39, 0.29) is 12.1 Å². The Bertz CT molecular complexity index is 801. The predicted octanol–water partition coefficient (Wildman–Crippen LogP) is 1.64. The Hall–Kier alpha value is -2.91. The standard InChI is InChI=1S/C23H35N7O2/c1-4-5-22(29(3)17-26-18(2)30-12-14-32-15-13-30)28-23(31)21-16-20(8-11-25-21)27-19-6-9-24-10-7-19/h4,8,11,16-17,19,22,24H,1-2,5-7,9-10,12-15H2,3H3,(H,25,27)(H,28,31)/b26-17-. The molecule has 1 aromatic rings. The number of nitrogens with one attached hydrogen (secondary N) is 3. The van der Waals surface area contributed by atoms with E-state index in [9.17, 15) is 4.79 Å². The van der Waals surface area contributed by atoms with Crippen LogP contribution in [-0.4, -0.2) is 85.7 Å². The number of nitrogens with zero attached hydrogens (tertiary/aromatic N) is 4. The first-order chi connectivity index (χ1) is 15.6. The molecule has 0 aromatic carbocycles. The van der Waals surface area contributed by atoms with E-state index in [0.29, 0.717) is 37.2 Å². The Morgan fingerprint density at radius 2 is 2.19 bits per heavy atom. The highest BCUT2D eigenvalue weighted by atomic mass is 16.5. The number of hydrogen-bond donors (Lipinski definition) is 3. The summed E-state index contributed by atoms with van der Waals surface area (Å²) >= 11 is 0. The van der Waals surface area contributed by atoms with Gasteiger partial charge in [0.2, 0.25) is 0 Å². The summed E-state index contributed by atoms with van der Waals surface area (Å²) < 4.78 is 5.37. The number of aliphatic imine (C=N–C) groups is 1. The Morgan fingerprint density at radius 1 is 1.44 bits per heavy atom. The zero-order valence-electron chi connectivity index (χ0n) is 18.9. The molecule has 2 aliphatic rings. The van der Waals surface area contributed by atoms with Crippen LogP contribution in [0.15, 0.2) is 48.4 Å². The van der Waals surface area contributed by atoms with Crippen LogP contribution in [0.1, 0.15) is 29.8 Å². The van der Waals surface area contributed by atoms with Gasteiger partial charge in [-0.2, -0.15) is 0 Å². The molecular formula is C23H35N7O2. The monoisotopic (exact) mass is 441 g/mol. The van der Waals surface area contributed by atoms with Crippen LogP contribution in [-0.2, 0) is 4.74 Å². The van der Waals surface area contributed by atoms with Gasteiger partial charge in [-0.15, -0.1) is 6.58 Å². The number of hydrogen-bond acceptors (Lipinski definition) is 7. The molecule has 32 heavy (non-hydrogen) atoms. The van der Waals surface area contributed by atoms with Crippen molar-refractivity contribution < 1.29 is 9.53 Å². The molecule has 2 fully saturated rings. The normalized spacial score (nSPS) is 18.2. The number of anilines is 1. The van der Waals surface area contributed by atoms with Gasteiger partial charge in [-0.05, 0) is 38.1 Å². The van der Waals surface area contributed by atoms with E-state index in [4.69, 9.17) is 4.74 Å². The molecule has 2 saturated heterocycles. The summed E-state index contributed by atoms with van der Waals surface area (Å²) in [5, 5.41) is 9.90. The van der Waals surface area contributed by atoms with Crippen molar-refractivity contribution in [2.45, 2.75) is 31.5 Å². The van der Waals surface area contributed by atoms with Crippen molar-refractivity contribution in [2.75, 3.05) is 51.8 Å². The van der Waals surface area contributed by atoms with Gasteiger partial charge < -0.3 is 30.5 Å². The quantitative estimate of drug-likeness (QED) is 0.220. The highest BCUT2D eigenvalue weighted by Crippen LogP contribution is 2.14. The molecule has 0 radical (unpaired) electrons. The number of amides is 1. The van der Waals surface area contributed by atoms with Crippen molar-refractivity contribution in [3.05, 3.63) is 49.1 Å². The molecule has 0 saturated carbocycles. The third kappa shape index (κ3) is 7.06. The van der Waals surface area contributed by atoms with Gasteiger partial charge in [0, 0.05) is 44.5 Å². The van der Waals surface area contributed by atoms with Crippen LogP contribution in [0.4, 0.5) is 5.69 Å². The minimum atomic E-state index is -0.302. The second-order valence-electron chi connectivity index (χ2n) is 8.04. The van der Waals surface area contributed by atoms with Crippen LogP contribution in [0.5, 0.6) is 0 Å². The summed E-state index contributed by atoms with van der Waals surface area (Å²) in [5.41, 5.74) is 1.29. The molecule has 174 valence electrons. The van der Waals surface area contributed by atoms with Crippen molar-refractivity contribution in [3.63, 3.8) is 0 Å². The fraction of sp³-hybridized carbons (Fsp3) is 0.522. The second kappa shape index (κ2) is 12.2. The summed E-state index contributed by atoms with van der Waals surface area (Å²) in [6.07, 6.45) is 7.51. The maximum Gasteiger partial charge on any atom is 0.271 e. The van der Waals surface area contributed by atoms with E-state index in [1.807, 2.05) is 18.0 Å². The van der Waals surface area contributed by atoms with E-state index in [2.05, 4.69) is 44.0 Å². The summed E-state index contributed by atoms with van der Waals surface area (Å²) in [7, 11) is 1.87. The van der Waals surface area contributed by atoms with E-state index in [0.717, 1.165) is 44.7 Å². The lowest BCUT2D eigenvalue weighted by Crippen LogP contribution is -2.46. The molecule has 1 amide bonds. The molecular weight excluding hydrogens is 406 g/mol. The average Bonchev–Trinajstić information content (AvgIpc) is 2.83. The van der Waals surface area contributed by atoms with Crippen LogP contribution in [0, 0.1) is 0 Å². The van der Waals surface area contributed by atoms with Crippen LogP contribution in [0.3, 0.4) is 0 Å². The number of rotatable bonds is 10. The Labute approximate surface area is 190 Å². The fourth-order valence-corrected chi connectivity index (χ4v) is 3.70. The number of carbonyl (C=O) groups is 1. The van der Waals surface area contributed by atoms with Crippen molar-refractivity contribution >= 4 is 17.9 Å². The lowest BCUT2D eigenvalue weighted by atomic mass is 10.1. The average molecular weight is 442 g/mol. The van der Waals surface area contributed by atoms with Crippen molar-refractivity contribution in [1.29, 1.82) is 0 Å². The summed E-state index contributed by atoms with van der Waals surface area (Å²) in [6, 6.07) is 4.11. The van der Waals surface area contributed by atoms with E-state index in [1.165, 1.54) is 0 Å². The molecule has 0 bridgehead atoms. The van der Waals surface area contributed by atoms with Crippen molar-refractivity contribution in [1.82, 2.24) is 25.4 Å². The Kier molecular flexibility index (Phi) is 9.06. The van der Waals surface area contributed by atoms with Crippen molar-refractivity contribution in [2.24, 2.45) is 4.99 Å². The Balaban J connectivity index is 1.58. The third-order valence-electron chi connectivity index (χ3n) is 5.65.